The molecule has 0 spiro atoms. The van der Waals surface area contributed by atoms with E-state index in [0.29, 0.717) is 26.1 Å². The summed E-state index contributed by atoms with van der Waals surface area (Å²) in [7, 11) is 0. The highest BCUT2D eigenvalue weighted by molar-refractivity contribution is 5.89. The Kier molecular flexibility index (Phi) is 5.71. The number of nitrogens with one attached hydrogen (secondary N) is 2. The molecule has 1 fully saturated rings. The van der Waals surface area contributed by atoms with Crippen molar-refractivity contribution < 1.29 is 9.59 Å². The fourth-order valence-corrected chi connectivity index (χ4v) is 3.23. The zero-order chi connectivity index (χ0) is 17.6. The van der Waals surface area contributed by atoms with E-state index in [4.69, 9.17) is 0 Å². The summed E-state index contributed by atoms with van der Waals surface area (Å²) in [6.45, 7) is 6.05. The molecular formula is C19H26N4O2. The van der Waals surface area contributed by atoms with E-state index in [9.17, 15) is 9.59 Å². The molecule has 1 aromatic carbocycles. The van der Waals surface area contributed by atoms with Gasteiger partial charge in [0, 0.05) is 49.8 Å². The number of hydrogen-bond donors (Lipinski definition) is 2. The van der Waals surface area contributed by atoms with Crippen molar-refractivity contribution in [3.8, 4) is 0 Å². The Labute approximate surface area is 148 Å². The lowest BCUT2D eigenvalue weighted by Gasteiger charge is -2.34. The number of fused-ring (bicyclic) bond motifs is 1. The number of para-hydroxylation sites is 1. The van der Waals surface area contributed by atoms with Gasteiger partial charge in [-0.15, -0.1) is 0 Å². The highest BCUT2D eigenvalue weighted by atomic mass is 16.2. The molecule has 3 rings (SSSR count). The highest BCUT2D eigenvalue weighted by Gasteiger charge is 2.23. The molecule has 2 amide bonds. The van der Waals surface area contributed by atoms with E-state index in [1.807, 2.05) is 42.3 Å². The molecule has 0 saturated carbocycles. The topological polar surface area (TPSA) is 68.4 Å². The summed E-state index contributed by atoms with van der Waals surface area (Å²) in [6, 6.07) is 8.04. The molecule has 2 aromatic rings. The third-order valence-corrected chi connectivity index (χ3v) is 4.68. The molecule has 0 atom stereocenters. The van der Waals surface area contributed by atoms with Gasteiger partial charge in [-0.2, -0.15) is 0 Å². The standard InChI is InChI=1S/C19H26N4O2/c1-2-7-20-18(24)14-22-8-10-23(11-9-22)19(25)12-15-13-21-17-6-4-3-5-16(15)17/h3-6,13,21H,2,7-12,14H2,1H3,(H,20,24). The van der Waals surface area contributed by atoms with Crippen LogP contribution in [0.3, 0.4) is 0 Å². The fourth-order valence-electron chi connectivity index (χ4n) is 3.23. The lowest BCUT2D eigenvalue weighted by molar-refractivity contribution is -0.132. The first-order valence-electron chi connectivity index (χ1n) is 8.99. The SMILES string of the molecule is CCCNC(=O)CN1CCN(C(=O)Cc2c[nH]c3ccccc23)CC1. The van der Waals surface area contributed by atoms with Crippen LogP contribution in [0.25, 0.3) is 10.9 Å². The van der Waals surface area contributed by atoms with Gasteiger partial charge in [-0.05, 0) is 18.1 Å². The van der Waals surface area contributed by atoms with E-state index in [1.165, 1.54) is 0 Å². The molecule has 134 valence electrons. The minimum Gasteiger partial charge on any atom is -0.361 e. The maximum absolute atomic E-state index is 12.6. The Morgan fingerprint density at radius 3 is 2.68 bits per heavy atom. The predicted molar refractivity (Wildman–Crippen MR) is 98.3 cm³/mol. The van der Waals surface area contributed by atoms with Crippen molar-refractivity contribution in [2.45, 2.75) is 19.8 Å². The molecule has 1 saturated heterocycles. The van der Waals surface area contributed by atoms with Crippen molar-refractivity contribution in [2.24, 2.45) is 0 Å². The Morgan fingerprint density at radius 2 is 1.92 bits per heavy atom. The van der Waals surface area contributed by atoms with E-state index in [2.05, 4.69) is 15.2 Å². The number of aromatic nitrogens is 1. The fraction of sp³-hybridized carbons (Fsp3) is 0.474. The van der Waals surface area contributed by atoms with Crippen LogP contribution in [0.1, 0.15) is 18.9 Å². The van der Waals surface area contributed by atoms with Gasteiger partial charge in [-0.1, -0.05) is 25.1 Å². The lowest BCUT2D eigenvalue weighted by atomic mass is 10.1. The summed E-state index contributed by atoms with van der Waals surface area (Å²) in [4.78, 5) is 31.6. The van der Waals surface area contributed by atoms with Gasteiger partial charge in [0.15, 0.2) is 0 Å². The van der Waals surface area contributed by atoms with Gasteiger partial charge >= 0.3 is 0 Å². The number of hydrogen-bond acceptors (Lipinski definition) is 3. The van der Waals surface area contributed by atoms with Crippen molar-refractivity contribution in [3.63, 3.8) is 0 Å². The Hall–Kier alpha value is -2.34. The summed E-state index contributed by atoms with van der Waals surface area (Å²) in [5.74, 6) is 0.222. The first-order valence-corrected chi connectivity index (χ1v) is 8.99. The number of H-pyrrole nitrogens is 1. The number of nitrogens with zero attached hydrogens (tertiary/aromatic N) is 2. The molecule has 2 heterocycles. The van der Waals surface area contributed by atoms with Gasteiger partial charge in [0.1, 0.15) is 0 Å². The van der Waals surface area contributed by atoms with Crippen LogP contribution < -0.4 is 5.32 Å². The average molecular weight is 342 g/mol. The van der Waals surface area contributed by atoms with E-state index < -0.39 is 0 Å². The summed E-state index contributed by atoms with van der Waals surface area (Å²) in [5.41, 5.74) is 2.11. The average Bonchev–Trinajstić information content (AvgIpc) is 3.03. The molecule has 6 heteroatoms. The lowest BCUT2D eigenvalue weighted by Crippen LogP contribution is -2.51. The maximum Gasteiger partial charge on any atom is 0.234 e. The van der Waals surface area contributed by atoms with E-state index in [0.717, 1.165) is 42.5 Å². The summed E-state index contributed by atoms with van der Waals surface area (Å²) < 4.78 is 0. The molecule has 25 heavy (non-hydrogen) atoms. The quantitative estimate of drug-likeness (QED) is 0.833. The number of rotatable bonds is 6. The summed E-state index contributed by atoms with van der Waals surface area (Å²) in [5, 5.41) is 4.01. The van der Waals surface area contributed by atoms with Gasteiger partial charge in [0.2, 0.25) is 11.8 Å². The van der Waals surface area contributed by atoms with Crippen LogP contribution in [0.15, 0.2) is 30.5 Å². The van der Waals surface area contributed by atoms with Crippen LogP contribution in [0.4, 0.5) is 0 Å². The zero-order valence-corrected chi connectivity index (χ0v) is 14.8. The zero-order valence-electron chi connectivity index (χ0n) is 14.8. The van der Waals surface area contributed by atoms with Gasteiger partial charge < -0.3 is 15.2 Å². The number of piperazine rings is 1. The van der Waals surface area contributed by atoms with Crippen molar-refractivity contribution in [2.75, 3.05) is 39.3 Å². The maximum atomic E-state index is 12.6. The first kappa shape index (κ1) is 17.5. The molecule has 2 N–H and O–H groups in total. The van der Waals surface area contributed by atoms with Crippen molar-refractivity contribution in [1.82, 2.24) is 20.1 Å². The second-order valence-electron chi connectivity index (χ2n) is 6.54. The normalized spacial score (nSPS) is 15.5. The van der Waals surface area contributed by atoms with Crippen molar-refractivity contribution in [3.05, 3.63) is 36.0 Å². The molecule has 0 radical (unpaired) electrons. The Bertz CT molecular complexity index is 732. The minimum atomic E-state index is 0.0698. The molecule has 0 bridgehead atoms. The van der Waals surface area contributed by atoms with Crippen molar-refractivity contribution in [1.29, 1.82) is 0 Å². The molecule has 1 aromatic heterocycles. The predicted octanol–water partition coefficient (Wildman–Crippen LogP) is 1.38. The van der Waals surface area contributed by atoms with E-state index in [1.54, 1.807) is 0 Å². The highest BCUT2D eigenvalue weighted by Crippen LogP contribution is 2.19. The monoisotopic (exact) mass is 342 g/mol. The van der Waals surface area contributed by atoms with E-state index >= 15 is 0 Å². The van der Waals surface area contributed by atoms with Gasteiger partial charge in [0.25, 0.3) is 0 Å². The third-order valence-electron chi connectivity index (χ3n) is 4.68. The minimum absolute atomic E-state index is 0.0698. The number of aromatic amines is 1. The van der Waals surface area contributed by atoms with Crippen molar-refractivity contribution >= 4 is 22.7 Å². The summed E-state index contributed by atoms with van der Waals surface area (Å²) in [6.07, 6.45) is 3.29. The molecule has 1 aliphatic rings. The number of benzene rings is 1. The molecule has 0 aliphatic carbocycles. The van der Waals surface area contributed by atoms with E-state index in [-0.39, 0.29) is 11.8 Å². The van der Waals surface area contributed by atoms with Crippen LogP contribution in [0.5, 0.6) is 0 Å². The number of carbonyl (C=O) groups excluding carboxylic acids is 2. The van der Waals surface area contributed by atoms with Crippen LogP contribution in [0.2, 0.25) is 0 Å². The second-order valence-corrected chi connectivity index (χ2v) is 6.54. The third kappa shape index (κ3) is 4.39. The number of amides is 2. The molecular weight excluding hydrogens is 316 g/mol. The smallest absolute Gasteiger partial charge is 0.234 e. The molecule has 6 nitrogen and oxygen atoms in total. The second kappa shape index (κ2) is 8.16. The van der Waals surface area contributed by atoms with Gasteiger partial charge in [-0.3, -0.25) is 14.5 Å². The van der Waals surface area contributed by atoms with Gasteiger partial charge in [0.05, 0.1) is 13.0 Å². The Balaban J connectivity index is 1.49. The van der Waals surface area contributed by atoms with Crippen LogP contribution in [0, 0.1) is 0 Å². The molecule has 1 aliphatic heterocycles. The summed E-state index contributed by atoms with van der Waals surface area (Å²) >= 11 is 0. The Morgan fingerprint density at radius 1 is 1.16 bits per heavy atom. The number of carbonyl (C=O) groups is 2. The van der Waals surface area contributed by atoms with Crippen LogP contribution >= 0.6 is 0 Å². The largest absolute Gasteiger partial charge is 0.361 e. The van der Waals surface area contributed by atoms with Crippen LogP contribution in [-0.4, -0.2) is 65.9 Å². The first-order chi connectivity index (χ1) is 12.2. The molecule has 0 unspecified atom stereocenters. The van der Waals surface area contributed by atoms with Gasteiger partial charge in [-0.25, -0.2) is 0 Å². The van der Waals surface area contributed by atoms with Crippen LogP contribution in [-0.2, 0) is 16.0 Å².